The van der Waals surface area contributed by atoms with Crippen molar-refractivity contribution in [2.24, 2.45) is 5.92 Å². The lowest BCUT2D eigenvalue weighted by Gasteiger charge is -2.33. The van der Waals surface area contributed by atoms with Gasteiger partial charge in [0.1, 0.15) is 6.10 Å². The highest BCUT2D eigenvalue weighted by Gasteiger charge is 2.50. The van der Waals surface area contributed by atoms with Crippen molar-refractivity contribution >= 4 is 11.6 Å². The average molecular weight is 413 g/mol. The first kappa shape index (κ1) is 19.8. The van der Waals surface area contributed by atoms with Crippen molar-refractivity contribution in [2.45, 2.75) is 31.4 Å². The van der Waals surface area contributed by atoms with Gasteiger partial charge in [-0.05, 0) is 42.5 Å². The average Bonchev–Trinajstić information content (AvgIpc) is 3.26. The molecule has 3 aromatic carbocycles. The van der Waals surface area contributed by atoms with Gasteiger partial charge in [-0.15, -0.1) is 0 Å². The Labute approximate surface area is 184 Å². The molecule has 2 aliphatic heterocycles. The number of likely N-dealkylation sites (tertiary alicyclic amines) is 1. The summed E-state index contributed by atoms with van der Waals surface area (Å²) in [4.78, 5) is 22.6. The second kappa shape index (κ2) is 8.94. The lowest BCUT2D eigenvalue weighted by Crippen LogP contribution is -2.42. The van der Waals surface area contributed by atoms with Crippen LogP contribution >= 0.6 is 0 Å². The molecule has 3 aromatic rings. The lowest BCUT2D eigenvalue weighted by atomic mass is 9.84. The van der Waals surface area contributed by atoms with Crippen molar-refractivity contribution in [2.75, 3.05) is 18.2 Å². The summed E-state index contributed by atoms with van der Waals surface area (Å²) in [6.45, 7) is 1.67. The normalized spacial score (nSPS) is 23.7. The van der Waals surface area contributed by atoms with E-state index in [-0.39, 0.29) is 24.0 Å². The van der Waals surface area contributed by atoms with E-state index >= 15 is 0 Å². The first-order chi connectivity index (χ1) is 15.3. The Hall–Kier alpha value is -3.11. The van der Waals surface area contributed by atoms with E-state index in [1.165, 1.54) is 6.42 Å². The van der Waals surface area contributed by atoms with Crippen molar-refractivity contribution in [1.29, 1.82) is 0 Å². The Balaban J connectivity index is 1.61. The zero-order valence-electron chi connectivity index (χ0n) is 17.6. The van der Waals surface area contributed by atoms with E-state index in [2.05, 4.69) is 29.2 Å². The van der Waals surface area contributed by atoms with Crippen molar-refractivity contribution < 1.29 is 9.63 Å². The SMILES string of the molecule is O=C([C@@H]1[C@@H](c2ccccc2)ON(c2ccccc2)[C@H]1c1ccccc1)N1CCCCC1. The van der Waals surface area contributed by atoms with Crippen LogP contribution < -0.4 is 5.06 Å². The molecule has 0 spiro atoms. The smallest absolute Gasteiger partial charge is 0.231 e. The van der Waals surface area contributed by atoms with Crippen LogP contribution in [0.1, 0.15) is 42.5 Å². The van der Waals surface area contributed by atoms with Crippen molar-refractivity contribution in [3.8, 4) is 0 Å². The molecule has 3 atom stereocenters. The molecule has 2 heterocycles. The zero-order chi connectivity index (χ0) is 21.0. The van der Waals surface area contributed by atoms with Crippen LogP contribution in [0.3, 0.4) is 0 Å². The summed E-state index contributed by atoms with van der Waals surface area (Å²) in [7, 11) is 0. The summed E-state index contributed by atoms with van der Waals surface area (Å²) in [5.41, 5.74) is 3.10. The number of carbonyl (C=O) groups is 1. The van der Waals surface area contributed by atoms with Crippen LogP contribution in [0.25, 0.3) is 0 Å². The molecule has 158 valence electrons. The molecule has 0 unspecified atom stereocenters. The minimum atomic E-state index is -0.332. The lowest BCUT2D eigenvalue weighted by molar-refractivity contribution is -0.138. The minimum absolute atomic E-state index is 0.191. The first-order valence-electron chi connectivity index (χ1n) is 11.2. The molecule has 31 heavy (non-hydrogen) atoms. The van der Waals surface area contributed by atoms with Gasteiger partial charge in [-0.2, -0.15) is 0 Å². The van der Waals surface area contributed by atoms with Crippen LogP contribution in [0.2, 0.25) is 0 Å². The van der Waals surface area contributed by atoms with Crippen molar-refractivity contribution in [3.63, 3.8) is 0 Å². The van der Waals surface area contributed by atoms with Crippen LogP contribution in [0.5, 0.6) is 0 Å². The monoisotopic (exact) mass is 412 g/mol. The summed E-state index contributed by atoms with van der Waals surface area (Å²) in [5, 5.41) is 1.96. The molecular weight excluding hydrogens is 384 g/mol. The fraction of sp³-hybridized carbons (Fsp3) is 0.296. The molecule has 0 saturated carbocycles. The van der Waals surface area contributed by atoms with E-state index in [0.717, 1.165) is 42.7 Å². The molecular formula is C27H28N2O2. The Morgan fingerprint density at radius 1 is 0.710 bits per heavy atom. The number of amides is 1. The molecule has 0 radical (unpaired) electrons. The van der Waals surface area contributed by atoms with E-state index in [0.29, 0.717) is 0 Å². The molecule has 0 aliphatic carbocycles. The van der Waals surface area contributed by atoms with E-state index < -0.39 is 0 Å². The second-order valence-corrected chi connectivity index (χ2v) is 8.37. The largest absolute Gasteiger partial charge is 0.342 e. The number of nitrogens with zero attached hydrogens (tertiary/aromatic N) is 2. The number of hydrogen-bond acceptors (Lipinski definition) is 3. The molecule has 0 bridgehead atoms. The predicted octanol–water partition coefficient (Wildman–Crippen LogP) is 5.55. The zero-order valence-corrected chi connectivity index (χ0v) is 17.6. The molecule has 4 nitrogen and oxygen atoms in total. The van der Waals surface area contributed by atoms with Crippen LogP contribution in [0, 0.1) is 5.92 Å². The quantitative estimate of drug-likeness (QED) is 0.563. The molecule has 2 aliphatic rings. The third-order valence-electron chi connectivity index (χ3n) is 6.38. The van der Waals surface area contributed by atoms with Gasteiger partial charge < -0.3 is 4.90 Å². The molecule has 2 fully saturated rings. The Bertz CT molecular complexity index is 988. The maximum absolute atomic E-state index is 14.0. The van der Waals surface area contributed by atoms with E-state index in [9.17, 15) is 4.79 Å². The third-order valence-corrected chi connectivity index (χ3v) is 6.38. The molecule has 0 N–H and O–H groups in total. The summed E-state index contributed by atoms with van der Waals surface area (Å²) in [6.07, 6.45) is 3.02. The van der Waals surface area contributed by atoms with Crippen LogP contribution in [-0.2, 0) is 9.63 Å². The summed E-state index contributed by atoms with van der Waals surface area (Å²) in [5.74, 6) is -0.121. The summed E-state index contributed by atoms with van der Waals surface area (Å²) in [6, 6.07) is 30.4. The maximum Gasteiger partial charge on any atom is 0.231 e. The topological polar surface area (TPSA) is 32.8 Å². The molecule has 1 amide bonds. The number of piperidine rings is 1. The van der Waals surface area contributed by atoms with Gasteiger partial charge in [-0.25, -0.2) is 5.06 Å². The number of hydrogen-bond donors (Lipinski definition) is 0. The highest BCUT2D eigenvalue weighted by Crippen LogP contribution is 2.49. The summed E-state index contributed by atoms with van der Waals surface area (Å²) < 4.78 is 0. The second-order valence-electron chi connectivity index (χ2n) is 8.37. The van der Waals surface area contributed by atoms with E-state index in [1.54, 1.807) is 0 Å². The Kier molecular flexibility index (Phi) is 5.72. The fourth-order valence-corrected chi connectivity index (χ4v) is 4.85. The number of hydroxylamine groups is 1. The number of carbonyl (C=O) groups excluding carboxylic acids is 1. The van der Waals surface area contributed by atoms with Crippen LogP contribution in [-0.4, -0.2) is 23.9 Å². The molecule has 4 heteroatoms. The van der Waals surface area contributed by atoms with Gasteiger partial charge in [0.05, 0.1) is 17.6 Å². The third kappa shape index (κ3) is 3.96. The van der Waals surface area contributed by atoms with E-state index in [4.69, 9.17) is 4.84 Å². The van der Waals surface area contributed by atoms with Crippen molar-refractivity contribution in [3.05, 3.63) is 102 Å². The highest BCUT2D eigenvalue weighted by atomic mass is 16.7. The first-order valence-corrected chi connectivity index (χ1v) is 11.2. The predicted molar refractivity (Wildman–Crippen MR) is 122 cm³/mol. The van der Waals surface area contributed by atoms with Gasteiger partial charge in [0.2, 0.25) is 5.91 Å². The van der Waals surface area contributed by atoms with E-state index in [1.807, 2.05) is 71.8 Å². The van der Waals surface area contributed by atoms with Gasteiger partial charge in [0.15, 0.2) is 0 Å². The minimum Gasteiger partial charge on any atom is -0.342 e. The van der Waals surface area contributed by atoms with Gasteiger partial charge >= 0.3 is 0 Å². The highest BCUT2D eigenvalue weighted by molar-refractivity contribution is 5.82. The number of para-hydroxylation sites is 1. The fourth-order valence-electron chi connectivity index (χ4n) is 4.85. The van der Waals surface area contributed by atoms with Crippen LogP contribution in [0.4, 0.5) is 5.69 Å². The van der Waals surface area contributed by atoms with Crippen molar-refractivity contribution in [1.82, 2.24) is 4.90 Å². The molecule has 2 saturated heterocycles. The number of rotatable bonds is 4. The van der Waals surface area contributed by atoms with Gasteiger partial charge in [0, 0.05) is 13.1 Å². The Morgan fingerprint density at radius 3 is 1.87 bits per heavy atom. The number of benzene rings is 3. The van der Waals surface area contributed by atoms with Gasteiger partial charge in [0.25, 0.3) is 0 Å². The Morgan fingerprint density at radius 2 is 1.26 bits per heavy atom. The van der Waals surface area contributed by atoms with Gasteiger partial charge in [-0.3, -0.25) is 9.63 Å². The standard InChI is InChI=1S/C27H28N2O2/c30-27(28-19-11-4-12-20-28)24-25(21-13-5-1-6-14-21)29(23-17-9-3-10-18-23)31-26(24)22-15-7-2-8-16-22/h1-3,5-10,13-18,24-26H,4,11-12,19-20H2/t24-,25-,26+/m0/s1. The van der Waals surface area contributed by atoms with Crippen LogP contribution in [0.15, 0.2) is 91.0 Å². The summed E-state index contributed by atoms with van der Waals surface area (Å²) >= 11 is 0. The maximum atomic E-state index is 14.0. The van der Waals surface area contributed by atoms with Gasteiger partial charge in [-0.1, -0.05) is 78.9 Å². The number of anilines is 1. The molecule has 5 rings (SSSR count). The molecule has 0 aromatic heterocycles.